The molecule has 0 spiro atoms. The van der Waals surface area contributed by atoms with Crippen molar-refractivity contribution in [3.8, 4) is 11.5 Å². The number of nitrogens with two attached hydrogens (primary N) is 1. The molecule has 0 bridgehead atoms. The highest BCUT2D eigenvalue weighted by Crippen LogP contribution is 2.41. The summed E-state index contributed by atoms with van der Waals surface area (Å²) in [7, 11) is -3.75. The Morgan fingerprint density at radius 2 is 1.88 bits per heavy atom. The Morgan fingerprint density at radius 1 is 1.12 bits per heavy atom. The molecule has 3 aromatic carbocycles. The first-order chi connectivity index (χ1) is 15.3. The summed E-state index contributed by atoms with van der Waals surface area (Å²) >= 11 is 6.27. The van der Waals surface area contributed by atoms with E-state index in [9.17, 15) is 8.42 Å². The molecule has 5 nitrogen and oxygen atoms in total. The first-order valence-corrected chi connectivity index (χ1v) is 12.8. The lowest BCUT2D eigenvalue weighted by Gasteiger charge is -2.14. The Hall–Kier alpha value is -2.88. The van der Waals surface area contributed by atoms with Crippen molar-refractivity contribution in [2.75, 3.05) is 6.26 Å². The van der Waals surface area contributed by atoms with E-state index in [1.807, 2.05) is 6.07 Å². The van der Waals surface area contributed by atoms with E-state index in [-0.39, 0.29) is 22.0 Å². The van der Waals surface area contributed by atoms with Crippen LogP contribution in [-0.4, -0.2) is 23.6 Å². The molecule has 0 radical (unpaired) electrons. The van der Waals surface area contributed by atoms with Gasteiger partial charge in [0.15, 0.2) is 11.6 Å². The molecule has 1 aromatic heterocycles. The van der Waals surface area contributed by atoms with Crippen LogP contribution in [0.1, 0.15) is 11.1 Å². The van der Waals surface area contributed by atoms with E-state index in [1.165, 1.54) is 24.0 Å². The zero-order valence-corrected chi connectivity index (χ0v) is 19.4. The van der Waals surface area contributed by atoms with Crippen molar-refractivity contribution < 1.29 is 17.5 Å². The van der Waals surface area contributed by atoms with Crippen LogP contribution >= 0.6 is 24.0 Å². The third-order valence-corrected chi connectivity index (χ3v) is 7.52. The number of hydrogen-bond acceptors (Lipinski definition) is 5. The fraction of sp³-hybridized carbons (Fsp3) is 0.0870. The molecule has 0 aliphatic rings. The maximum Gasteiger partial charge on any atom is 0.243 e. The van der Waals surface area contributed by atoms with Gasteiger partial charge in [-0.05, 0) is 30.0 Å². The molecule has 0 aliphatic heterocycles. The van der Waals surface area contributed by atoms with Crippen LogP contribution in [-0.2, 0) is 15.8 Å². The fourth-order valence-corrected chi connectivity index (χ4v) is 5.70. The Balaban J connectivity index is 1.78. The molecule has 2 N–H and O–H groups in total. The Labute approximate surface area is 195 Å². The highest BCUT2D eigenvalue weighted by atomic mass is 32.2. The van der Waals surface area contributed by atoms with Gasteiger partial charge in [-0.3, -0.25) is 0 Å². The maximum atomic E-state index is 15.2. The molecule has 0 aliphatic carbocycles. The summed E-state index contributed by atoms with van der Waals surface area (Å²) in [6.45, 7) is 0. The molecule has 32 heavy (non-hydrogen) atoms. The van der Waals surface area contributed by atoms with Crippen LogP contribution in [0.15, 0.2) is 77.8 Å². The number of ether oxygens (including phenoxy) is 1. The van der Waals surface area contributed by atoms with Gasteiger partial charge in [0.1, 0.15) is 10.7 Å². The highest BCUT2D eigenvalue weighted by Gasteiger charge is 2.23. The number of thioether (sulfide) groups is 1. The Morgan fingerprint density at radius 3 is 2.56 bits per heavy atom. The molecule has 4 rings (SSSR count). The van der Waals surface area contributed by atoms with Gasteiger partial charge in [-0.2, -0.15) is 0 Å². The van der Waals surface area contributed by atoms with Crippen LogP contribution in [0.2, 0.25) is 0 Å². The largest absolute Gasteiger partial charge is 0.453 e. The first kappa shape index (κ1) is 22.3. The van der Waals surface area contributed by atoms with Crippen molar-refractivity contribution in [3.05, 3.63) is 89.9 Å². The molecule has 0 amide bonds. The lowest BCUT2D eigenvalue weighted by atomic mass is 10.2. The van der Waals surface area contributed by atoms with Crippen molar-refractivity contribution >= 4 is 49.9 Å². The SMILES string of the molecule is CSc1c(Oc2cccc(C(N)=S)c2)c(F)cc2c1ccn2S(=O)(=O)Cc1ccccc1. The van der Waals surface area contributed by atoms with E-state index < -0.39 is 15.8 Å². The minimum absolute atomic E-state index is 0.0169. The third-order valence-electron chi connectivity index (χ3n) is 4.86. The average Bonchev–Trinajstić information content (AvgIpc) is 3.19. The van der Waals surface area contributed by atoms with Crippen LogP contribution in [0.4, 0.5) is 4.39 Å². The van der Waals surface area contributed by atoms with Gasteiger partial charge in [-0.25, -0.2) is 16.8 Å². The van der Waals surface area contributed by atoms with Gasteiger partial charge in [0.25, 0.3) is 0 Å². The van der Waals surface area contributed by atoms with Crippen molar-refractivity contribution in [3.63, 3.8) is 0 Å². The van der Waals surface area contributed by atoms with E-state index in [2.05, 4.69) is 0 Å². The summed E-state index contributed by atoms with van der Waals surface area (Å²) in [5.74, 6) is -0.474. The summed E-state index contributed by atoms with van der Waals surface area (Å²) in [6.07, 6.45) is 3.22. The van der Waals surface area contributed by atoms with Crippen molar-refractivity contribution in [2.45, 2.75) is 10.6 Å². The lowest BCUT2D eigenvalue weighted by molar-refractivity contribution is 0.432. The third kappa shape index (κ3) is 4.36. The monoisotopic (exact) mass is 486 g/mol. The number of rotatable bonds is 7. The second-order valence-corrected chi connectivity index (χ2v) is 10.1. The van der Waals surface area contributed by atoms with E-state index in [0.717, 1.165) is 3.97 Å². The van der Waals surface area contributed by atoms with Crippen molar-refractivity contribution in [2.24, 2.45) is 5.73 Å². The highest BCUT2D eigenvalue weighted by molar-refractivity contribution is 7.99. The van der Waals surface area contributed by atoms with Gasteiger partial charge in [-0.1, -0.05) is 54.7 Å². The second-order valence-electron chi connectivity index (χ2n) is 7.00. The Kier molecular flexibility index (Phi) is 6.23. The summed E-state index contributed by atoms with van der Waals surface area (Å²) in [4.78, 5) is 0.701. The molecular formula is C23H19FN2O3S3. The standard InChI is InChI=1S/C23H19FN2O3S3/c1-31-22-18-10-11-26(32(27,28)14-15-6-3-2-4-7-15)20(18)13-19(24)21(22)29-17-9-5-8-16(12-17)23(25)30/h2-13H,14H2,1H3,(H2,25,30). The van der Waals surface area contributed by atoms with Crippen molar-refractivity contribution in [1.82, 2.24) is 3.97 Å². The molecule has 164 valence electrons. The maximum absolute atomic E-state index is 15.2. The molecule has 0 fully saturated rings. The predicted octanol–water partition coefficient (Wildman–Crippen LogP) is 5.31. The number of nitrogens with zero attached hydrogens (tertiary/aromatic N) is 1. The normalized spacial score (nSPS) is 11.6. The number of aromatic nitrogens is 1. The van der Waals surface area contributed by atoms with Gasteiger partial charge in [-0.15, -0.1) is 11.8 Å². The van der Waals surface area contributed by atoms with Gasteiger partial charge in [0, 0.05) is 23.2 Å². The number of thiocarbonyl (C=S) groups is 1. The minimum Gasteiger partial charge on any atom is -0.453 e. The summed E-state index contributed by atoms with van der Waals surface area (Å²) in [6, 6.07) is 18.4. The van der Waals surface area contributed by atoms with E-state index in [1.54, 1.807) is 60.9 Å². The zero-order chi connectivity index (χ0) is 22.9. The molecule has 0 saturated carbocycles. The van der Waals surface area contributed by atoms with Gasteiger partial charge < -0.3 is 10.5 Å². The lowest BCUT2D eigenvalue weighted by Crippen LogP contribution is -2.14. The van der Waals surface area contributed by atoms with Crippen LogP contribution < -0.4 is 10.5 Å². The summed E-state index contributed by atoms with van der Waals surface area (Å²) in [5, 5.41) is 0.580. The topological polar surface area (TPSA) is 74.3 Å². The molecule has 0 atom stereocenters. The summed E-state index contributed by atoms with van der Waals surface area (Å²) < 4.78 is 48.2. The number of benzene rings is 3. The smallest absolute Gasteiger partial charge is 0.243 e. The van der Waals surface area contributed by atoms with Crippen LogP contribution in [0.3, 0.4) is 0 Å². The van der Waals surface area contributed by atoms with E-state index in [0.29, 0.717) is 27.2 Å². The van der Waals surface area contributed by atoms with Crippen LogP contribution in [0.5, 0.6) is 11.5 Å². The Bertz CT molecular complexity index is 1420. The zero-order valence-electron chi connectivity index (χ0n) is 17.0. The van der Waals surface area contributed by atoms with E-state index in [4.69, 9.17) is 22.7 Å². The quantitative estimate of drug-likeness (QED) is 0.282. The fourth-order valence-electron chi connectivity index (χ4n) is 3.40. The first-order valence-electron chi connectivity index (χ1n) is 9.52. The second kappa shape index (κ2) is 8.93. The predicted molar refractivity (Wildman–Crippen MR) is 131 cm³/mol. The minimum atomic E-state index is -3.75. The van der Waals surface area contributed by atoms with Crippen LogP contribution in [0, 0.1) is 5.82 Å². The molecular weight excluding hydrogens is 467 g/mol. The summed E-state index contributed by atoms with van der Waals surface area (Å²) in [5.41, 5.74) is 7.18. The molecule has 9 heteroatoms. The van der Waals surface area contributed by atoms with E-state index >= 15 is 4.39 Å². The molecule has 0 unspecified atom stereocenters. The number of fused-ring (bicyclic) bond motifs is 1. The molecule has 0 saturated heterocycles. The van der Waals surface area contributed by atoms with Gasteiger partial charge >= 0.3 is 0 Å². The average molecular weight is 487 g/mol. The van der Waals surface area contributed by atoms with Crippen LogP contribution in [0.25, 0.3) is 10.9 Å². The van der Waals surface area contributed by atoms with Gasteiger partial charge in [0.05, 0.1) is 16.2 Å². The molecule has 1 heterocycles. The van der Waals surface area contributed by atoms with Crippen molar-refractivity contribution in [1.29, 1.82) is 0 Å². The molecule has 4 aromatic rings. The van der Waals surface area contributed by atoms with Gasteiger partial charge in [0.2, 0.25) is 10.0 Å². The number of halogens is 1. The number of hydrogen-bond donors (Lipinski definition) is 1.